The Kier molecular flexibility index (Phi) is 7.65. The van der Waals surface area contributed by atoms with Crippen LogP contribution in [0.5, 0.6) is 0 Å². The Bertz CT molecular complexity index is 806. The maximum Gasteiger partial charge on any atom is 0.184 e. The van der Waals surface area contributed by atoms with Crippen LogP contribution in [0.2, 0.25) is 19.6 Å². The Hall–Kier alpha value is -0.0831. The molecule has 0 unspecified atom stereocenters. The van der Waals surface area contributed by atoms with Crippen molar-refractivity contribution in [2.75, 3.05) is 0 Å². The highest BCUT2D eigenvalue weighted by Gasteiger charge is 2.66. The third-order valence-corrected chi connectivity index (χ3v) is 13.3. The molecule has 1 nitrogen and oxygen atoms in total. The van der Waals surface area contributed by atoms with Gasteiger partial charge in [-0.25, -0.2) is 0 Å². The highest BCUT2D eigenvalue weighted by Crippen LogP contribution is 2.71. The predicted molar refractivity (Wildman–Crippen MR) is 155 cm³/mol. The van der Waals surface area contributed by atoms with Crippen molar-refractivity contribution < 1.29 is 4.43 Å². The Morgan fingerprint density at radius 3 is 2.17 bits per heavy atom. The maximum atomic E-state index is 7.37. The van der Waals surface area contributed by atoms with Gasteiger partial charge in [0.05, 0.1) is 5.60 Å². The lowest BCUT2D eigenvalue weighted by Crippen LogP contribution is -2.64. The summed E-state index contributed by atoms with van der Waals surface area (Å²) in [6.07, 6.45) is 14.1. The molecule has 0 heterocycles. The standard InChI is InChI=1S/C33H60OSi/c1-22(2)13-12-14-24(4)26-15-16-27-30-28(18-20-31(26,27)6)32(7)19-17-23(3)25(5)29(32)21-33(30,8)34-35(9,10)11/h22,24,26-30H,12-21H2,1-11H3/t24-,26-,27+,28+,29+,30+,31-,32-,33-/m1/s1. The van der Waals surface area contributed by atoms with Gasteiger partial charge in [-0.1, -0.05) is 65.0 Å². The monoisotopic (exact) mass is 500 g/mol. The molecule has 0 saturated heterocycles. The molecular formula is C33H60OSi. The van der Waals surface area contributed by atoms with Crippen molar-refractivity contribution >= 4 is 8.32 Å². The van der Waals surface area contributed by atoms with Crippen molar-refractivity contribution in [3.8, 4) is 0 Å². The maximum absolute atomic E-state index is 7.37. The summed E-state index contributed by atoms with van der Waals surface area (Å²) in [7, 11) is -1.66. The minimum absolute atomic E-state index is 0.0420. The molecule has 202 valence electrons. The molecule has 0 amide bonds. The highest BCUT2D eigenvalue weighted by atomic mass is 28.4. The normalized spacial score (nSPS) is 44.7. The first-order chi connectivity index (χ1) is 16.1. The minimum Gasteiger partial charge on any atom is -0.412 e. The first kappa shape index (κ1) is 27.9. The molecule has 0 bridgehead atoms. The lowest BCUT2D eigenvalue weighted by Gasteiger charge is -2.66. The zero-order valence-corrected chi connectivity index (χ0v) is 26.5. The van der Waals surface area contributed by atoms with Crippen LogP contribution < -0.4 is 0 Å². The van der Waals surface area contributed by atoms with Crippen LogP contribution in [0.4, 0.5) is 0 Å². The van der Waals surface area contributed by atoms with E-state index in [1.807, 2.05) is 0 Å². The Labute approximate surface area is 220 Å². The third kappa shape index (κ3) is 4.91. The van der Waals surface area contributed by atoms with E-state index < -0.39 is 8.32 Å². The number of allylic oxidation sites excluding steroid dienone is 2. The predicted octanol–water partition coefficient (Wildman–Crippen LogP) is 10.3. The summed E-state index contributed by atoms with van der Waals surface area (Å²) in [5.41, 5.74) is 4.43. The second kappa shape index (κ2) is 9.59. The van der Waals surface area contributed by atoms with Crippen LogP contribution in [0.3, 0.4) is 0 Å². The summed E-state index contributed by atoms with van der Waals surface area (Å²) < 4.78 is 7.37. The van der Waals surface area contributed by atoms with E-state index in [-0.39, 0.29) is 5.60 Å². The van der Waals surface area contributed by atoms with E-state index in [4.69, 9.17) is 4.43 Å². The Morgan fingerprint density at radius 2 is 1.54 bits per heavy atom. The number of hydrogen-bond acceptors (Lipinski definition) is 1. The topological polar surface area (TPSA) is 9.23 Å². The van der Waals surface area contributed by atoms with Crippen molar-refractivity contribution in [1.82, 2.24) is 0 Å². The molecule has 2 heteroatoms. The molecule has 4 aliphatic carbocycles. The first-order valence-electron chi connectivity index (χ1n) is 15.5. The van der Waals surface area contributed by atoms with E-state index >= 15 is 0 Å². The smallest absolute Gasteiger partial charge is 0.184 e. The zero-order valence-electron chi connectivity index (χ0n) is 25.5. The van der Waals surface area contributed by atoms with Gasteiger partial charge < -0.3 is 4.43 Å². The van der Waals surface area contributed by atoms with E-state index in [0.717, 1.165) is 41.4 Å². The molecule has 0 aromatic carbocycles. The lowest BCUT2D eigenvalue weighted by molar-refractivity contribution is -0.188. The van der Waals surface area contributed by atoms with E-state index in [9.17, 15) is 0 Å². The molecule has 0 spiro atoms. The Morgan fingerprint density at radius 1 is 0.886 bits per heavy atom. The van der Waals surface area contributed by atoms with Gasteiger partial charge in [0.1, 0.15) is 0 Å². The largest absolute Gasteiger partial charge is 0.412 e. The van der Waals surface area contributed by atoms with Crippen LogP contribution in [-0.4, -0.2) is 13.9 Å². The Balaban J connectivity index is 1.68. The molecular weight excluding hydrogens is 440 g/mol. The molecule has 0 aromatic heterocycles. The molecule has 0 aliphatic heterocycles. The van der Waals surface area contributed by atoms with E-state index in [2.05, 4.69) is 75.0 Å². The van der Waals surface area contributed by atoms with Crippen molar-refractivity contribution in [1.29, 1.82) is 0 Å². The van der Waals surface area contributed by atoms with Crippen LogP contribution in [0, 0.1) is 52.3 Å². The van der Waals surface area contributed by atoms with E-state index in [0.29, 0.717) is 10.8 Å². The lowest BCUT2D eigenvalue weighted by atomic mass is 9.41. The van der Waals surface area contributed by atoms with Crippen LogP contribution in [-0.2, 0) is 4.43 Å². The molecule has 0 N–H and O–H groups in total. The van der Waals surface area contributed by atoms with Crippen molar-refractivity contribution in [3.05, 3.63) is 11.1 Å². The number of hydrogen-bond donors (Lipinski definition) is 0. The van der Waals surface area contributed by atoms with Crippen LogP contribution >= 0.6 is 0 Å². The fraction of sp³-hybridized carbons (Fsp3) is 0.939. The van der Waals surface area contributed by atoms with E-state index in [1.54, 1.807) is 11.1 Å². The molecule has 4 aliphatic rings. The van der Waals surface area contributed by atoms with Gasteiger partial charge in [0.15, 0.2) is 8.32 Å². The van der Waals surface area contributed by atoms with Crippen molar-refractivity contribution in [2.45, 2.75) is 145 Å². The molecule has 3 saturated carbocycles. The number of fused-ring (bicyclic) bond motifs is 5. The zero-order chi connectivity index (χ0) is 26.0. The summed E-state index contributed by atoms with van der Waals surface area (Å²) in [6.45, 7) is 27.6. The second-order valence-corrected chi connectivity index (χ2v) is 20.5. The average molecular weight is 501 g/mol. The van der Waals surface area contributed by atoms with Gasteiger partial charge in [0, 0.05) is 0 Å². The third-order valence-electron chi connectivity index (χ3n) is 12.2. The highest BCUT2D eigenvalue weighted by molar-refractivity contribution is 6.69. The van der Waals surface area contributed by atoms with Crippen LogP contribution in [0.1, 0.15) is 120 Å². The number of rotatable bonds is 7. The minimum atomic E-state index is -1.66. The van der Waals surface area contributed by atoms with Gasteiger partial charge in [0.2, 0.25) is 0 Å². The molecule has 35 heavy (non-hydrogen) atoms. The van der Waals surface area contributed by atoms with Gasteiger partial charge >= 0.3 is 0 Å². The van der Waals surface area contributed by atoms with Gasteiger partial charge in [-0.05, 0) is 138 Å². The summed E-state index contributed by atoms with van der Waals surface area (Å²) >= 11 is 0. The van der Waals surface area contributed by atoms with Crippen molar-refractivity contribution in [2.24, 2.45) is 52.3 Å². The fourth-order valence-electron chi connectivity index (χ4n) is 10.6. The molecule has 0 aromatic rings. The second-order valence-electron chi connectivity index (χ2n) is 16.0. The average Bonchev–Trinajstić information content (AvgIpc) is 3.08. The molecule has 3 fully saturated rings. The van der Waals surface area contributed by atoms with Gasteiger partial charge in [0.25, 0.3) is 0 Å². The van der Waals surface area contributed by atoms with E-state index in [1.165, 1.54) is 64.2 Å². The quantitative estimate of drug-likeness (QED) is 0.249. The molecule has 0 radical (unpaired) electrons. The molecule has 4 rings (SSSR count). The van der Waals surface area contributed by atoms with Crippen molar-refractivity contribution in [3.63, 3.8) is 0 Å². The molecule has 9 atom stereocenters. The van der Waals surface area contributed by atoms with Gasteiger partial charge in [-0.15, -0.1) is 0 Å². The van der Waals surface area contributed by atoms with Crippen LogP contribution in [0.25, 0.3) is 0 Å². The SMILES string of the molecule is CC1=C(C)[C@@H]2C[C@@](C)(O[Si](C)(C)C)[C@@H]3[C@H](CC[C@]4(C)[C@@H]([C@H](C)CCCC(C)C)CC[C@@H]34)[C@@]2(C)CC1. The van der Waals surface area contributed by atoms with Gasteiger partial charge in [-0.2, -0.15) is 0 Å². The fourth-order valence-corrected chi connectivity index (χ4v) is 12.2. The van der Waals surface area contributed by atoms with Crippen LogP contribution in [0.15, 0.2) is 11.1 Å². The summed E-state index contributed by atoms with van der Waals surface area (Å²) in [6, 6.07) is 0. The van der Waals surface area contributed by atoms with Gasteiger partial charge in [-0.3, -0.25) is 0 Å². The summed E-state index contributed by atoms with van der Waals surface area (Å²) in [5, 5.41) is 0. The first-order valence-corrected chi connectivity index (χ1v) is 18.9. The summed E-state index contributed by atoms with van der Waals surface area (Å²) in [4.78, 5) is 0. The summed E-state index contributed by atoms with van der Waals surface area (Å²) in [5.74, 6) is 5.78.